The van der Waals surface area contributed by atoms with E-state index in [0.29, 0.717) is 0 Å². The fourth-order valence-electron chi connectivity index (χ4n) is 1.02. The van der Waals surface area contributed by atoms with Gasteiger partial charge in [-0.2, -0.15) is 0 Å². The second kappa shape index (κ2) is 6.68. The standard InChI is InChI=1S/C10H10.C2H2N2S/c1-3-9-7-5-6-8-10(9)4-2;1-2-5-4-3-1/h3-8H,1-2H2;1-2H. The summed E-state index contributed by atoms with van der Waals surface area (Å²) in [5.41, 5.74) is 2.27. The molecule has 0 saturated carbocycles. The number of rotatable bonds is 2. The Morgan fingerprint density at radius 2 is 1.67 bits per heavy atom. The van der Waals surface area contributed by atoms with E-state index in [1.54, 1.807) is 6.20 Å². The van der Waals surface area contributed by atoms with Crippen molar-refractivity contribution in [3.05, 3.63) is 60.1 Å². The van der Waals surface area contributed by atoms with Crippen LogP contribution in [0.5, 0.6) is 0 Å². The molecule has 0 aliphatic rings. The fraction of sp³-hybridized carbons (Fsp3) is 0. The normalized spacial score (nSPS) is 8.53. The zero-order valence-corrected chi connectivity index (χ0v) is 9.15. The lowest BCUT2D eigenvalue weighted by molar-refractivity contribution is 1.16. The van der Waals surface area contributed by atoms with Gasteiger partial charge >= 0.3 is 0 Å². The number of nitrogens with zero attached hydrogens (tertiary/aromatic N) is 2. The number of aromatic nitrogens is 2. The van der Waals surface area contributed by atoms with E-state index >= 15 is 0 Å². The molecular weight excluding hydrogens is 204 g/mol. The lowest BCUT2D eigenvalue weighted by atomic mass is 10.1. The number of hydrogen-bond acceptors (Lipinski definition) is 3. The summed E-state index contributed by atoms with van der Waals surface area (Å²) in [6, 6.07) is 8.02. The molecule has 0 N–H and O–H groups in total. The van der Waals surface area contributed by atoms with Gasteiger partial charge in [-0.3, -0.25) is 0 Å². The molecule has 0 unspecified atom stereocenters. The van der Waals surface area contributed by atoms with Gasteiger partial charge in [0.25, 0.3) is 0 Å². The van der Waals surface area contributed by atoms with Gasteiger partial charge in [0.05, 0.1) is 6.20 Å². The maximum absolute atomic E-state index is 3.69. The molecule has 1 aromatic heterocycles. The molecule has 0 saturated heterocycles. The Morgan fingerprint density at radius 3 is 1.93 bits per heavy atom. The number of hydrogen-bond donors (Lipinski definition) is 0. The van der Waals surface area contributed by atoms with E-state index in [9.17, 15) is 0 Å². The van der Waals surface area contributed by atoms with Crippen LogP contribution in [-0.4, -0.2) is 9.59 Å². The van der Waals surface area contributed by atoms with Crippen molar-refractivity contribution in [1.29, 1.82) is 0 Å². The molecule has 76 valence electrons. The minimum atomic E-state index is 1.14. The Balaban J connectivity index is 0.000000187. The molecule has 0 radical (unpaired) electrons. The first-order valence-corrected chi connectivity index (χ1v) is 5.27. The van der Waals surface area contributed by atoms with Crippen LogP contribution in [0.1, 0.15) is 11.1 Å². The van der Waals surface area contributed by atoms with Crippen molar-refractivity contribution in [2.75, 3.05) is 0 Å². The zero-order valence-electron chi connectivity index (χ0n) is 8.34. The van der Waals surface area contributed by atoms with Gasteiger partial charge in [-0.1, -0.05) is 54.1 Å². The van der Waals surface area contributed by atoms with Crippen molar-refractivity contribution < 1.29 is 0 Å². The van der Waals surface area contributed by atoms with Crippen molar-refractivity contribution in [3.8, 4) is 0 Å². The summed E-state index contributed by atoms with van der Waals surface area (Å²) in [7, 11) is 0. The molecule has 2 nitrogen and oxygen atoms in total. The highest BCUT2D eigenvalue weighted by Crippen LogP contribution is 2.10. The Kier molecular flexibility index (Phi) is 5.04. The van der Waals surface area contributed by atoms with Crippen molar-refractivity contribution in [1.82, 2.24) is 9.59 Å². The summed E-state index contributed by atoms with van der Waals surface area (Å²) in [5, 5.41) is 5.31. The first kappa shape index (κ1) is 11.3. The topological polar surface area (TPSA) is 25.8 Å². The Bertz CT molecular complexity index is 363. The van der Waals surface area contributed by atoms with Gasteiger partial charge in [-0.15, -0.1) is 5.10 Å². The average Bonchev–Trinajstić information content (AvgIpc) is 2.87. The third-order valence-corrected chi connectivity index (χ3v) is 2.15. The van der Waals surface area contributed by atoms with Gasteiger partial charge in [0.1, 0.15) is 0 Å². The van der Waals surface area contributed by atoms with Crippen LogP contribution in [0.25, 0.3) is 12.2 Å². The Labute approximate surface area is 93.8 Å². The monoisotopic (exact) mass is 216 g/mol. The predicted molar refractivity (Wildman–Crippen MR) is 66.5 cm³/mol. The molecule has 2 aromatic rings. The van der Waals surface area contributed by atoms with Gasteiger partial charge in [-0.25, -0.2) is 0 Å². The Hall–Kier alpha value is -1.74. The summed E-state index contributed by atoms with van der Waals surface area (Å²) in [4.78, 5) is 0. The second-order valence-corrected chi connectivity index (χ2v) is 3.27. The molecule has 0 aliphatic carbocycles. The van der Waals surface area contributed by atoms with E-state index in [0.717, 1.165) is 11.1 Å². The van der Waals surface area contributed by atoms with Crippen LogP contribution >= 0.6 is 11.5 Å². The van der Waals surface area contributed by atoms with E-state index in [1.807, 2.05) is 41.8 Å². The molecule has 15 heavy (non-hydrogen) atoms. The molecule has 0 bridgehead atoms. The molecule has 0 aliphatic heterocycles. The third-order valence-electron chi connectivity index (χ3n) is 1.72. The molecule has 0 amide bonds. The third kappa shape index (κ3) is 3.87. The molecule has 0 spiro atoms. The largest absolute Gasteiger partial charge is 0.147 e. The van der Waals surface area contributed by atoms with E-state index in [1.165, 1.54) is 11.5 Å². The predicted octanol–water partition coefficient (Wildman–Crippen LogP) is 3.51. The van der Waals surface area contributed by atoms with Crippen molar-refractivity contribution in [2.45, 2.75) is 0 Å². The van der Waals surface area contributed by atoms with Gasteiger partial charge in [0.15, 0.2) is 0 Å². The highest BCUT2D eigenvalue weighted by molar-refractivity contribution is 7.03. The maximum atomic E-state index is 3.69. The van der Waals surface area contributed by atoms with Gasteiger partial charge in [-0.05, 0) is 22.7 Å². The SMILES string of the molecule is C=Cc1ccccc1C=C.c1csnn1. The maximum Gasteiger partial charge on any atom is 0.0620 e. The van der Waals surface area contributed by atoms with Gasteiger partial charge in [0, 0.05) is 5.38 Å². The van der Waals surface area contributed by atoms with E-state index in [4.69, 9.17) is 0 Å². The van der Waals surface area contributed by atoms with Crippen LogP contribution in [0.15, 0.2) is 49.0 Å². The summed E-state index contributed by atoms with van der Waals surface area (Å²) in [5.74, 6) is 0. The van der Waals surface area contributed by atoms with Gasteiger partial charge in [0.2, 0.25) is 0 Å². The molecular formula is C12H12N2S. The van der Waals surface area contributed by atoms with Crippen LogP contribution in [0.2, 0.25) is 0 Å². The molecule has 2 rings (SSSR count). The smallest absolute Gasteiger partial charge is 0.0620 e. The molecule has 0 atom stereocenters. The van der Waals surface area contributed by atoms with Crippen LogP contribution in [0.3, 0.4) is 0 Å². The highest BCUT2D eigenvalue weighted by atomic mass is 32.1. The van der Waals surface area contributed by atoms with Crippen molar-refractivity contribution in [2.24, 2.45) is 0 Å². The van der Waals surface area contributed by atoms with Crippen LogP contribution in [0, 0.1) is 0 Å². The lowest BCUT2D eigenvalue weighted by Crippen LogP contribution is -1.76. The molecule has 3 heteroatoms. The first-order chi connectivity index (χ1) is 7.38. The second-order valence-electron chi connectivity index (χ2n) is 2.62. The quantitative estimate of drug-likeness (QED) is 0.767. The summed E-state index contributed by atoms with van der Waals surface area (Å²) in [6.45, 7) is 7.38. The molecule has 1 heterocycles. The van der Waals surface area contributed by atoms with Crippen molar-refractivity contribution in [3.63, 3.8) is 0 Å². The van der Waals surface area contributed by atoms with E-state index in [2.05, 4.69) is 22.7 Å². The average molecular weight is 216 g/mol. The first-order valence-electron chi connectivity index (χ1n) is 4.43. The zero-order chi connectivity index (χ0) is 10.9. The summed E-state index contributed by atoms with van der Waals surface area (Å²) < 4.78 is 3.51. The highest BCUT2D eigenvalue weighted by Gasteiger charge is 1.89. The minimum Gasteiger partial charge on any atom is -0.147 e. The van der Waals surface area contributed by atoms with E-state index < -0.39 is 0 Å². The fourth-order valence-corrected chi connectivity index (χ4v) is 1.29. The van der Waals surface area contributed by atoms with Crippen LogP contribution < -0.4 is 0 Å². The van der Waals surface area contributed by atoms with E-state index in [-0.39, 0.29) is 0 Å². The van der Waals surface area contributed by atoms with Crippen LogP contribution in [-0.2, 0) is 0 Å². The molecule has 1 aromatic carbocycles. The lowest BCUT2D eigenvalue weighted by Gasteiger charge is -1.96. The summed E-state index contributed by atoms with van der Waals surface area (Å²) in [6.07, 6.45) is 5.32. The van der Waals surface area contributed by atoms with Gasteiger partial charge < -0.3 is 0 Å². The van der Waals surface area contributed by atoms with Crippen molar-refractivity contribution >= 4 is 23.7 Å². The minimum absolute atomic E-state index is 1.14. The number of benzene rings is 1. The summed E-state index contributed by atoms with van der Waals surface area (Å²) >= 11 is 1.35. The molecule has 0 fully saturated rings. The Morgan fingerprint density at radius 1 is 1.07 bits per heavy atom. The van der Waals surface area contributed by atoms with Crippen LogP contribution in [0.4, 0.5) is 0 Å².